The number of rotatable bonds is 4. The van der Waals surface area contributed by atoms with Gasteiger partial charge in [-0.05, 0) is 38.4 Å². The highest BCUT2D eigenvalue weighted by atomic mass is 19.2. The van der Waals surface area contributed by atoms with E-state index in [1.165, 1.54) is 13.2 Å². The molecule has 0 saturated carbocycles. The number of benzene rings is 1. The first kappa shape index (κ1) is 15.9. The third-order valence-electron chi connectivity index (χ3n) is 4.34. The zero-order chi connectivity index (χ0) is 16.4. The van der Waals surface area contributed by atoms with E-state index in [9.17, 15) is 8.78 Å². The fraction of sp³-hybridized carbons (Fsp3) is 0.471. The van der Waals surface area contributed by atoms with Crippen molar-refractivity contribution in [2.75, 3.05) is 13.7 Å². The Bertz CT molecular complexity index is 687. The van der Waals surface area contributed by atoms with Crippen molar-refractivity contribution >= 4 is 0 Å². The first-order chi connectivity index (χ1) is 11.1. The molecule has 3 rings (SSSR count). The summed E-state index contributed by atoms with van der Waals surface area (Å²) in [7, 11) is 1.46. The highest BCUT2D eigenvalue weighted by molar-refractivity contribution is 5.35. The van der Waals surface area contributed by atoms with Crippen molar-refractivity contribution < 1.29 is 18.0 Å². The molecule has 0 N–H and O–H groups in total. The number of nitrogens with zero attached hydrogens (tertiary/aromatic N) is 2. The number of methoxy groups -OCH3 is 1. The molecule has 0 amide bonds. The lowest BCUT2D eigenvalue weighted by molar-refractivity contribution is 0.130. The fourth-order valence-corrected chi connectivity index (χ4v) is 3.17. The Hall–Kier alpha value is -1.95. The summed E-state index contributed by atoms with van der Waals surface area (Å²) in [5.74, 6) is -0.582. The molecule has 1 saturated heterocycles. The van der Waals surface area contributed by atoms with Crippen LogP contribution in [0.1, 0.15) is 42.3 Å². The number of aryl methyl sites for hydroxylation is 1. The molecule has 1 aliphatic heterocycles. The Balaban J connectivity index is 1.89. The van der Waals surface area contributed by atoms with Gasteiger partial charge in [-0.1, -0.05) is 11.6 Å². The highest BCUT2D eigenvalue weighted by Gasteiger charge is 2.28. The van der Waals surface area contributed by atoms with E-state index in [-0.39, 0.29) is 18.2 Å². The van der Waals surface area contributed by atoms with Gasteiger partial charge in [-0.15, -0.1) is 0 Å². The second kappa shape index (κ2) is 6.66. The molecule has 1 aromatic heterocycles. The number of likely N-dealkylation sites (tertiary alicyclic amines) is 1. The summed E-state index contributed by atoms with van der Waals surface area (Å²) < 4.78 is 38.2. The summed E-state index contributed by atoms with van der Waals surface area (Å²) >= 11 is 0. The van der Waals surface area contributed by atoms with E-state index in [2.05, 4.69) is 10.1 Å². The summed E-state index contributed by atoms with van der Waals surface area (Å²) in [6.07, 6.45) is 3.02. The van der Waals surface area contributed by atoms with E-state index in [1.807, 2.05) is 13.0 Å². The summed E-state index contributed by atoms with van der Waals surface area (Å²) in [6.45, 7) is 2.93. The van der Waals surface area contributed by atoms with Gasteiger partial charge in [-0.25, -0.2) is 8.78 Å². The predicted molar refractivity (Wildman–Crippen MR) is 81.2 cm³/mol. The first-order valence-corrected chi connectivity index (χ1v) is 7.78. The number of hydrogen-bond donors (Lipinski definition) is 0. The van der Waals surface area contributed by atoms with Crippen molar-refractivity contribution in [1.29, 1.82) is 0 Å². The molecule has 0 unspecified atom stereocenters. The van der Waals surface area contributed by atoms with Crippen molar-refractivity contribution in [1.82, 2.24) is 10.1 Å². The molecule has 2 heterocycles. The number of piperidine rings is 1. The Morgan fingerprint density at radius 2 is 2.17 bits per heavy atom. The zero-order valence-electron chi connectivity index (χ0n) is 13.3. The van der Waals surface area contributed by atoms with Gasteiger partial charge in [0.05, 0.1) is 13.2 Å². The Labute approximate surface area is 134 Å². The quantitative estimate of drug-likeness (QED) is 0.853. The third kappa shape index (κ3) is 3.22. The molecule has 1 fully saturated rings. The molecule has 124 valence electrons. The lowest BCUT2D eigenvalue weighted by Gasteiger charge is -2.34. The molecule has 1 aromatic carbocycles. The minimum atomic E-state index is -0.855. The Morgan fingerprint density at radius 1 is 1.35 bits per heavy atom. The molecule has 6 heteroatoms. The standard InChI is InChI=1S/C17H20F2N2O2/c1-11-9-14(20-23-11)15-5-3-4-8-21(15)10-12-16(22-2)7-6-13(18)17(12)19/h6-7,9,15H,3-5,8,10H2,1-2H3/t15-/m0/s1. The number of aromatic nitrogens is 1. The van der Waals surface area contributed by atoms with Crippen LogP contribution < -0.4 is 4.74 Å². The largest absolute Gasteiger partial charge is 0.496 e. The molecular formula is C17H20F2N2O2. The van der Waals surface area contributed by atoms with Crippen LogP contribution in [0.5, 0.6) is 5.75 Å². The van der Waals surface area contributed by atoms with Gasteiger partial charge in [-0.3, -0.25) is 4.90 Å². The van der Waals surface area contributed by atoms with Crippen LogP contribution in [0.15, 0.2) is 22.7 Å². The smallest absolute Gasteiger partial charge is 0.167 e. The maximum absolute atomic E-state index is 14.2. The van der Waals surface area contributed by atoms with Crippen molar-refractivity contribution in [2.24, 2.45) is 0 Å². The Morgan fingerprint density at radius 3 is 2.87 bits per heavy atom. The molecule has 4 nitrogen and oxygen atoms in total. The summed E-state index contributed by atoms with van der Waals surface area (Å²) in [5, 5.41) is 4.10. The van der Waals surface area contributed by atoms with Gasteiger partial charge >= 0.3 is 0 Å². The lowest BCUT2D eigenvalue weighted by atomic mass is 9.98. The van der Waals surface area contributed by atoms with Gasteiger partial charge < -0.3 is 9.26 Å². The van der Waals surface area contributed by atoms with Crippen LogP contribution in [0, 0.1) is 18.6 Å². The third-order valence-corrected chi connectivity index (χ3v) is 4.34. The average Bonchev–Trinajstić information content (AvgIpc) is 2.99. The number of halogens is 2. The van der Waals surface area contributed by atoms with Crippen LogP contribution in [-0.2, 0) is 6.54 Å². The summed E-state index contributed by atoms with van der Waals surface area (Å²) in [4.78, 5) is 2.11. The van der Waals surface area contributed by atoms with Crippen molar-refractivity contribution in [3.05, 3.63) is 46.9 Å². The summed E-state index contributed by atoms with van der Waals surface area (Å²) in [6, 6.07) is 4.51. The van der Waals surface area contributed by atoms with Crippen LogP contribution in [0.3, 0.4) is 0 Å². The maximum atomic E-state index is 14.2. The molecule has 0 radical (unpaired) electrons. The van der Waals surface area contributed by atoms with Gasteiger partial charge in [0.15, 0.2) is 11.6 Å². The lowest BCUT2D eigenvalue weighted by Crippen LogP contribution is -2.33. The molecule has 1 atom stereocenters. The predicted octanol–water partition coefficient (Wildman–Crippen LogP) is 4.00. The molecular weight excluding hydrogens is 302 g/mol. The van der Waals surface area contributed by atoms with E-state index in [0.29, 0.717) is 5.75 Å². The highest BCUT2D eigenvalue weighted by Crippen LogP contribution is 2.34. The molecule has 0 aliphatic carbocycles. The fourth-order valence-electron chi connectivity index (χ4n) is 3.17. The molecule has 23 heavy (non-hydrogen) atoms. The van der Waals surface area contributed by atoms with Crippen molar-refractivity contribution in [3.63, 3.8) is 0 Å². The van der Waals surface area contributed by atoms with Crippen LogP contribution in [0.25, 0.3) is 0 Å². The molecule has 1 aliphatic rings. The molecule has 0 bridgehead atoms. The molecule has 0 spiro atoms. The average molecular weight is 322 g/mol. The maximum Gasteiger partial charge on any atom is 0.167 e. The van der Waals surface area contributed by atoms with Gasteiger partial charge in [0.1, 0.15) is 17.2 Å². The van der Waals surface area contributed by atoms with Crippen molar-refractivity contribution in [3.8, 4) is 5.75 Å². The van der Waals surface area contributed by atoms with Crippen LogP contribution in [0.4, 0.5) is 8.78 Å². The normalized spacial score (nSPS) is 19.0. The minimum absolute atomic E-state index is 0.0496. The molecule has 2 aromatic rings. The van der Waals surface area contributed by atoms with Gasteiger partial charge in [-0.2, -0.15) is 0 Å². The van der Waals surface area contributed by atoms with Crippen LogP contribution in [0.2, 0.25) is 0 Å². The van der Waals surface area contributed by atoms with Gasteiger partial charge in [0.25, 0.3) is 0 Å². The van der Waals surface area contributed by atoms with Crippen LogP contribution >= 0.6 is 0 Å². The van der Waals surface area contributed by atoms with Gasteiger partial charge in [0.2, 0.25) is 0 Å². The SMILES string of the molecule is COc1ccc(F)c(F)c1CN1CCCC[C@H]1c1cc(C)on1. The van der Waals surface area contributed by atoms with Crippen LogP contribution in [-0.4, -0.2) is 23.7 Å². The topological polar surface area (TPSA) is 38.5 Å². The minimum Gasteiger partial charge on any atom is -0.496 e. The first-order valence-electron chi connectivity index (χ1n) is 7.78. The van der Waals surface area contributed by atoms with E-state index in [4.69, 9.17) is 9.26 Å². The van der Waals surface area contributed by atoms with E-state index < -0.39 is 11.6 Å². The van der Waals surface area contributed by atoms with E-state index in [1.54, 1.807) is 0 Å². The van der Waals surface area contributed by atoms with E-state index >= 15 is 0 Å². The second-order valence-corrected chi connectivity index (χ2v) is 5.89. The zero-order valence-corrected chi connectivity index (χ0v) is 13.3. The summed E-state index contributed by atoms with van der Waals surface area (Å²) in [5.41, 5.74) is 1.09. The van der Waals surface area contributed by atoms with Crippen molar-refractivity contribution in [2.45, 2.75) is 38.8 Å². The number of ether oxygens (including phenoxy) is 1. The second-order valence-electron chi connectivity index (χ2n) is 5.89. The monoisotopic (exact) mass is 322 g/mol. The Kier molecular flexibility index (Phi) is 4.61. The van der Waals surface area contributed by atoms with Gasteiger partial charge in [0, 0.05) is 18.2 Å². The number of hydrogen-bond acceptors (Lipinski definition) is 4. The van der Waals surface area contributed by atoms with E-state index in [0.717, 1.165) is 43.3 Å².